The van der Waals surface area contributed by atoms with Crippen LogP contribution in [0, 0.1) is 0 Å². The van der Waals surface area contributed by atoms with Crippen LogP contribution in [0.3, 0.4) is 0 Å². The minimum atomic E-state index is 0.184. The Hall–Kier alpha value is -2.21. The predicted octanol–water partition coefficient (Wildman–Crippen LogP) is 2.01. The lowest BCUT2D eigenvalue weighted by Gasteiger charge is -2.05. The van der Waals surface area contributed by atoms with E-state index in [9.17, 15) is 0 Å². The number of nitrogens with one attached hydrogen (secondary N) is 2. The number of nitrogens with zero attached hydrogens (tertiary/aromatic N) is 4. The molecule has 0 amide bonds. The van der Waals surface area contributed by atoms with E-state index in [4.69, 9.17) is 11.6 Å². The molecule has 0 spiro atoms. The molecule has 6 nitrogen and oxygen atoms in total. The number of anilines is 1. The van der Waals surface area contributed by atoms with Crippen LogP contribution in [0.4, 0.5) is 5.82 Å². The molecule has 0 aliphatic carbocycles. The predicted molar refractivity (Wildman–Crippen MR) is 68.3 cm³/mol. The minimum absolute atomic E-state index is 0.184. The highest BCUT2D eigenvalue weighted by molar-refractivity contribution is 6.28. The summed E-state index contributed by atoms with van der Waals surface area (Å²) in [6, 6.07) is 3.86. The SMILES string of the molecule is Clc1nc(NCc2ccncc2)c2nc[nH]c2n1. The normalized spacial score (nSPS) is 10.7. The van der Waals surface area contributed by atoms with Gasteiger partial charge in [0.15, 0.2) is 11.5 Å². The van der Waals surface area contributed by atoms with E-state index in [2.05, 4.69) is 30.2 Å². The largest absolute Gasteiger partial charge is 0.364 e. The molecule has 0 aromatic carbocycles. The van der Waals surface area contributed by atoms with Crippen molar-refractivity contribution in [2.24, 2.45) is 0 Å². The van der Waals surface area contributed by atoms with E-state index in [0.29, 0.717) is 23.5 Å². The zero-order valence-electron chi connectivity index (χ0n) is 9.26. The number of fused-ring (bicyclic) bond motifs is 1. The summed E-state index contributed by atoms with van der Waals surface area (Å²) in [7, 11) is 0. The number of aromatic nitrogens is 5. The second kappa shape index (κ2) is 4.58. The lowest BCUT2D eigenvalue weighted by atomic mass is 10.3. The van der Waals surface area contributed by atoms with E-state index < -0.39 is 0 Å². The first kappa shape index (κ1) is 10.9. The molecule has 0 atom stereocenters. The average molecular weight is 261 g/mol. The van der Waals surface area contributed by atoms with Crippen LogP contribution in [-0.2, 0) is 6.54 Å². The Balaban J connectivity index is 1.88. The molecule has 0 unspecified atom stereocenters. The standard InChI is InChI=1S/C11H9ClN6/c12-11-17-9(8-10(18-11)16-6-15-8)14-5-7-1-3-13-4-2-7/h1-4,6H,5H2,(H2,14,15,16,17,18). The van der Waals surface area contributed by atoms with Crippen LogP contribution in [0.2, 0.25) is 5.28 Å². The molecule has 0 aliphatic heterocycles. The molecule has 18 heavy (non-hydrogen) atoms. The van der Waals surface area contributed by atoms with Gasteiger partial charge >= 0.3 is 0 Å². The van der Waals surface area contributed by atoms with Crippen molar-refractivity contribution in [2.45, 2.75) is 6.54 Å². The lowest BCUT2D eigenvalue weighted by Crippen LogP contribution is -2.03. The number of hydrogen-bond acceptors (Lipinski definition) is 5. The molecule has 0 saturated heterocycles. The first-order valence-electron chi connectivity index (χ1n) is 5.32. The summed E-state index contributed by atoms with van der Waals surface area (Å²) >= 11 is 5.84. The molecule has 0 fully saturated rings. The summed E-state index contributed by atoms with van der Waals surface area (Å²) in [6.45, 7) is 0.623. The van der Waals surface area contributed by atoms with Crippen LogP contribution in [-0.4, -0.2) is 24.9 Å². The summed E-state index contributed by atoms with van der Waals surface area (Å²) in [5.74, 6) is 0.614. The fourth-order valence-corrected chi connectivity index (χ4v) is 1.79. The fourth-order valence-electron chi connectivity index (χ4n) is 1.62. The van der Waals surface area contributed by atoms with Gasteiger partial charge in [0.2, 0.25) is 5.28 Å². The lowest BCUT2D eigenvalue weighted by molar-refractivity contribution is 1.09. The topological polar surface area (TPSA) is 79.4 Å². The third kappa shape index (κ3) is 2.10. The van der Waals surface area contributed by atoms with Gasteiger partial charge in [-0.25, -0.2) is 4.98 Å². The van der Waals surface area contributed by atoms with Crippen molar-refractivity contribution >= 4 is 28.6 Å². The Morgan fingerprint density at radius 3 is 2.89 bits per heavy atom. The van der Waals surface area contributed by atoms with Gasteiger partial charge in [0, 0.05) is 18.9 Å². The molecular weight excluding hydrogens is 252 g/mol. The molecular formula is C11H9ClN6. The Morgan fingerprint density at radius 2 is 2.06 bits per heavy atom. The molecule has 3 aromatic rings. The van der Waals surface area contributed by atoms with Crippen molar-refractivity contribution in [3.8, 4) is 0 Å². The van der Waals surface area contributed by atoms with Gasteiger partial charge in [-0.1, -0.05) is 0 Å². The van der Waals surface area contributed by atoms with E-state index in [0.717, 1.165) is 5.56 Å². The number of pyridine rings is 1. The van der Waals surface area contributed by atoms with Crippen molar-refractivity contribution < 1.29 is 0 Å². The highest BCUT2D eigenvalue weighted by Crippen LogP contribution is 2.19. The van der Waals surface area contributed by atoms with Gasteiger partial charge in [-0.2, -0.15) is 9.97 Å². The first-order valence-corrected chi connectivity index (χ1v) is 5.70. The molecule has 0 bridgehead atoms. The molecule has 0 saturated carbocycles. The van der Waals surface area contributed by atoms with E-state index in [1.807, 2.05) is 12.1 Å². The van der Waals surface area contributed by atoms with Gasteiger partial charge in [0.25, 0.3) is 0 Å². The van der Waals surface area contributed by atoms with Crippen LogP contribution in [0.15, 0.2) is 30.9 Å². The fraction of sp³-hybridized carbons (Fsp3) is 0.0909. The Morgan fingerprint density at radius 1 is 1.22 bits per heavy atom. The number of H-pyrrole nitrogens is 1. The monoisotopic (exact) mass is 260 g/mol. The van der Waals surface area contributed by atoms with Crippen molar-refractivity contribution in [1.82, 2.24) is 24.9 Å². The number of imidazole rings is 1. The maximum atomic E-state index is 5.84. The zero-order valence-corrected chi connectivity index (χ0v) is 10.0. The van der Waals surface area contributed by atoms with E-state index in [1.54, 1.807) is 18.7 Å². The average Bonchev–Trinajstić information content (AvgIpc) is 2.85. The number of rotatable bonds is 3. The quantitative estimate of drug-likeness (QED) is 0.704. The van der Waals surface area contributed by atoms with Crippen LogP contribution < -0.4 is 5.32 Å². The van der Waals surface area contributed by atoms with Gasteiger partial charge in [0.05, 0.1) is 6.33 Å². The summed E-state index contributed by atoms with van der Waals surface area (Å²) in [5, 5.41) is 3.37. The van der Waals surface area contributed by atoms with E-state index in [-0.39, 0.29) is 5.28 Å². The summed E-state index contributed by atoms with van der Waals surface area (Å²) in [4.78, 5) is 19.2. The molecule has 2 N–H and O–H groups in total. The third-order valence-electron chi connectivity index (χ3n) is 2.46. The van der Waals surface area contributed by atoms with Crippen LogP contribution in [0.5, 0.6) is 0 Å². The van der Waals surface area contributed by atoms with Crippen LogP contribution >= 0.6 is 11.6 Å². The summed E-state index contributed by atoms with van der Waals surface area (Å²) in [5.41, 5.74) is 2.39. The highest BCUT2D eigenvalue weighted by atomic mass is 35.5. The third-order valence-corrected chi connectivity index (χ3v) is 2.63. The Labute approximate surface area is 107 Å². The van der Waals surface area contributed by atoms with Gasteiger partial charge in [-0.3, -0.25) is 4.98 Å². The molecule has 3 aromatic heterocycles. The van der Waals surface area contributed by atoms with Gasteiger partial charge in [-0.15, -0.1) is 0 Å². The van der Waals surface area contributed by atoms with Crippen molar-refractivity contribution in [1.29, 1.82) is 0 Å². The number of aromatic amines is 1. The van der Waals surface area contributed by atoms with Gasteiger partial charge in [0.1, 0.15) is 5.52 Å². The van der Waals surface area contributed by atoms with Crippen molar-refractivity contribution in [3.05, 3.63) is 41.7 Å². The van der Waals surface area contributed by atoms with Crippen molar-refractivity contribution in [3.63, 3.8) is 0 Å². The molecule has 90 valence electrons. The molecule has 3 heterocycles. The van der Waals surface area contributed by atoms with Gasteiger partial charge in [-0.05, 0) is 29.3 Å². The number of hydrogen-bond donors (Lipinski definition) is 2. The van der Waals surface area contributed by atoms with E-state index in [1.165, 1.54) is 0 Å². The zero-order chi connectivity index (χ0) is 12.4. The molecule has 3 rings (SSSR count). The van der Waals surface area contributed by atoms with Crippen LogP contribution in [0.1, 0.15) is 5.56 Å². The molecule has 0 aliphatic rings. The molecule has 7 heteroatoms. The van der Waals surface area contributed by atoms with Crippen molar-refractivity contribution in [2.75, 3.05) is 5.32 Å². The first-order chi connectivity index (χ1) is 8.83. The molecule has 0 radical (unpaired) electrons. The van der Waals surface area contributed by atoms with Crippen LogP contribution in [0.25, 0.3) is 11.2 Å². The number of halogens is 1. The van der Waals surface area contributed by atoms with Gasteiger partial charge < -0.3 is 10.3 Å². The Bertz CT molecular complexity index is 666. The second-order valence-corrected chi connectivity index (χ2v) is 3.99. The maximum Gasteiger partial charge on any atom is 0.226 e. The summed E-state index contributed by atoms with van der Waals surface area (Å²) in [6.07, 6.45) is 5.05. The van der Waals surface area contributed by atoms with E-state index >= 15 is 0 Å². The maximum absolute atomic E-state index is 5.84. The smallest absolute Gasteiger partial charge is 0.226 e. The Kier molecular flexibility index (Phi) is 2.77. The summed E-state index contributed by atoms with van der Waals surface area (Å²) < 4.78 is 0. The minimum Gasteiger partial charge on any atom is -0.364 e. The second-order valence-electron chi connectivity index (χ2n) is 3.65. The highest BCUT2D eigenvalue weighted by Gasteiger charge is 2.08.